The van der Waals surface area contributed by atoms with Crippen molar-refractivity contribution in [2.45, 2.75) is 90.0 Å². The zero-order valence-electron chi connectivity index (χ0n) is 16.0. The van der Waals surface area contributed by atoms with Crippen LogP contribution < -0.4 is 34.9 Å². The molecule has 0 saturated heterocycles. The van der Waals surface area contributed by atoms with Crippen LogP contribution in [0.25, 0.3) is 0 Å². The Hall–Kier alpha value is -0.100. The number of unbranched alkanes of at least 4 members (excludes halogenated alkanes) is 9. The Morgan fingerprint density at radius 2 is 1.39 bits per heavy atom. The third-order valence-corrected chi connectivity index (χ3v) is 3.87. The van der Waals surface area contributed by atoms with Gasteiger partial charge in [0.25, 0.3) is 0 Å². The first-order valence-electron chi connectivity index (χ1n) is 8.76. The van der Waals surface area contributed by atoms with Crippen molar-refractivity contribution in [1.29, 1.82) is 0 Å². The molecular weight excluding hydrogens is 305 g/mol. The van der Waals surface area contributed by atoms with E-state index >= 15 is 0 Å². The molecule has 0 heterocycles. The Balaban J connectivity index is -0.00000220. The van der Waals surface area contributed by atoms with E-state index in [-0.39, 0.29) is 43.8 Å². The quantitative estimate of drug-likeness (QED) is 0.288. The van der Waals surface area contributed by atoms with Gasteiger partial charge in [-0.15, -0.1) is 0 Å². The van der Waals surface area contributed by atoms with Crippen LogP contribution in [0.2, 0.25) is 0 Å². The molecule has 0 amide bonds. The number of carboxylic acids is 2. The molecule has 132 valence electrons. The van der Waals surface area contributed by atoms with Gasteiger partial charge >= 0.3 is 41.5 Å². The zero-order valence-corrected chi connectivity index (χ0v) is 17.0. The molecule has 0 spiro atoms. The monoisotopic (exact) mass is 339 g/mol. The summed E-state index contributed by atoms with van der Waals surface area (Å²) in [6, 6.07) is -0.741. The number of aliphatic carboxylic acids is 2. The predicted octanol–water partition coefficient (Wildman–Crippen LogP) is 0.931. The molecule has 1 atom stereocenters. The minimum atomic E-state index is -0.965. The van der Waals surface area contributed by atoms with Gasteiger partial charge in [-0.3, -0.25) is 9.59 Å². The first-order valence-corrected chi connectivity index (χ1v) is 8.76. The SMILES string of the molecule is CCCCCCCCCCCCNC(CCC(=O)O)C(=O)O.[H-].[Na+]. The summed E-state index contributed by atoms with van der Waals surface area (Å²) < 4.78 is 0. The second-order valence-corrected chi connectivity index (χ2v) is 5.96. The normalized spacial score (nSPS) is 11.7. The second kappa shape index (κ2) is 18.2. The largest absolute Gasteiger partial charge is 1.00 e. The molecular formula is C17H34NNaO4. The molecule has 0 radical (unpaired) electrons. The number of hydrogen-bond donors (Lipinski definition) is 3. The first-order chi connectivity index (χ1) is 10.6. The summed E-state index contributed by atoms with van der Waals surface area (Å²) in [4.78, 5) is 21.4. The maximum absolute atomic E-state index is 11.0. The number of carbonyl (C=O) groups is 2. The maximum Gasteiger partial charge on any atom is 1.00 e. The van der Waals surface area contributed by atoms with Gasteiger partial charge in [0, 0.05) is 6.42 Å². The second-order valence-electron chi connectivity index (χ2n) is 5.96. The smallest absolute Gasteiger partial charge is 1.00 e. The van der Waals surface area contributed by atoms with Crippen LogP contribution in [0, 0.1) is 0 Å². The van der Waals surface area contributed by atoms with E-state index in [0.717, 1.165) is 12.8 Å². The van der Waals surface area contributed by atoms with Crippen LogP contribution >= 0.6 is 0 Å². The number of carboxylic acid groups (broad SMARTS) is 2. The van der Waals surface area contributed by atoms with Crippen LogP contribution in [-0.2, 0) is 9.59 Å². The molecule has 0 aliphatic rings. The Morgan fingerprint density at radius 3 is 1.83 bits per heavy atom. The summed E-state index contributed by atoms with van der Waals surface area (Å²) in [5, 5.41) is 20.5. The van der Waals surface area contributed by atoms with E-state index in [1.165, 1.54) is 51.4 Å². The average Bonchev–Trinajstić information content (AvgIpc) is 2.47. The summed E-state index contributed by atoms with van der Waals surface area (Å²) >= 11 is 0. The van der Waals surface area contributed by atoms with Gasteiger partial charge in [-0.2, -0.15) is 0 Å². The molecule has 0 aliphatic heterocycles. The Kier molecular flexibility index (Phi) is 19.9. The zero-order chi connectivity index (χ0) is 16.6. The molecule has 0 saturated carbocycles. The molecule has 0 fully saturated rings. The fourth-order valence-electron chi connectivity index (χ4n) is 2.47. The van der Waals surface area contributed by atoms with E-state index < -0.39 is 18.0 Å². The van der Waals surface area contributed by atoms with Crippen molar-refractivity contribution in [2.75, 3.05) is 6.54 Å². The average molecular weight is 339 g/mol. The Bertz CT molecular complexity index is 306. The van der Waals surface area contributed by atoms with Crippen LogP contribution in [0.5, 0.6) is 0 Å². The topological polar surface area (TPSA) is 86.6 Å². The summed E-state index contributed by atoms with van der Waals surface area (Å²) in [5.41, 5.74) is 0. The van der Waals surface area contributed by atoms with Crippen molar-refractivity contribution in [3.63, 3.8) is 0 Å². The first kappa shape index (κ1) is 25.1. The van der Waals surface area contributed by atoms with E-state index in [1.807, 2.05) is 0 Å². The van der Waals surface area contributed by atoms with E-state index in [9.17, 15) is 9.59 Å². The van der Waals surface area contributed by atoms with Crippen LogP contribution in [0.4, 0.5) is 0 Å². The molecule has 0 aromatic carbocycles. The van der Waals surface area contributed by atoms with E-state index in [2.05, 4.69) is 12.2 Å². The van der Waals surface area contributed by atoms with Crippen molar-refractivity contribution in [1.82, 2.24) is 5.32 Å². The van der Waals surface area contributed by atoms with Crippen LogP contribution in [-0.4, -0.2) is 34.7 Å². The fourth-order valence-corrected chi connectivity index (χ4v) is 2.47. The third kappa shape index (κ3) is 18.1. The van der Waals surface area contributed by atoms with E-state index in [0.29, 0.717) is 6.54 Å². The van der Waals surface area contributed by atoms with Crippen molar-refractivity contribution >= 4 is 11.9 Å². The summed E-state index contributed by atoms with van der Waals surface area (Å²) in [6.45, 7) is 2.87. The van der Waals surface area contributed by atoms with Gasteiger partial charge in [-0.1, -0.05) is 64.7 Å². The van der Waals surface area contributed by atoms with Gasteiger partial charge in [0.1, 0.15) is 6.04 Å². The van der Waals surface area contributed by atoms with Gasteiger partial charge in [0.2, 0.25) is 0 Å². The fraction of sp³-hybridized carbons (Fsp3) is 0.882. The Labute approximate surface area is 164 Å². The minimum Gasteiger partial charge on any atom is -1.00 e. The maximum atomic E-state index is 11.0. The van der Waals surface area contributed by atoms with Crippen LogP contribution in [0.15, 0.2) is 0 Å². The summed E-state index contributed by atoms with van der Waals surface area (Å²) in [5.74, 6) is -1.92. The predicted molar refractivity (Wildman–Crippen MR) is 89.3 cm³/mol. The summed E-state index contributed by atoms with van der Waals surface area (Å²) in [6.07, 6.45) is 12.5. The van der Waals surface area contributed by atoms with Crippen molar-refractivity contribution < 1.29 is 50.8 Å². The number of nitrogens with one attached hydrogen (secondary N) is 1. The molecule has 3 N–H and O–H groups in total. The van der Waals surface area contributed by atoms with E-state index in [4.69, 9.17) is 10.2 Å². The van der Waals surface area contributed by atoms with Crippen molar-refractivity contribution in [2.24, 2.45) is 0 Å². The molecule has 0 bridgehead atoms. The van der Waals surface area contributed by atoms with Gasteiger partial charge < -0.3 is 17.0 Å². The van der Waals surface area contributed by atoms with Gasteiger partial charge in [-0.25, -0.2) is 0 Å². The third-order valence-electron chi connectivity index (χ3n) is 3.87. The molecule has 0 aliphatic carbocycles. The van der Waals surface area contributed by atoms with Crippen LogP contribution in [0.3, 0.4) is 0 Å². The molecule has 5 nitrogen and oxygen atoms in total. The van der Waals surface area contributed by atoms with Crippen molar-refractivity contribution in [3.8, 4) is 0 Å². The van der Waals surface area contributed by atoms with Gasteiger partial charge in [-0.05, 0) is 19.4 Å². The standard InChI is InChI=1S/C17H33NO4.Na.H/c1-2-3-4-5-6-7-8-9-10-11-14-18-15(17(21)22)12-13-16(19)20;;/h15,18H,2-14H2,1H3,(H,19,20)(H,21,22);;/q;+1;-1. The van der Waals surface area contributed by atoms with Crippen LogP contribution in [0.1, 0.15) is 85.4 Å². The van der Waals surface area contributed by atoms with Crippen molar-refractivity contribution in [3.05, 3.63) is 0 Å². The molecule has 1 unspecified atom stereocenters. The van der Waals surface area contributed by atoms with Gasteiger partial charge in [0.15, 0.2) is 0 Å². The number of rotatable bonds is 16. The minimum absolute atomic E-state index is 0. The Morgan fingerprint density at radius 1 is 0.913 bits per heavy atom. The summed E-state index contributed by atoms with van der Waals surface area (Å²) in [7, 11) is 0. The molecule has 23 heavy (non-hydrogen) atoms. The number of hydrogen-bond acceptors (Lipinski definition) is 3. The van der Waals surface area contributed by atoms with E-state index in [1.54, 1.807) is 0 Å². The molecule has 0 aromatic rings. The molecule has 0 aromatic heterocycles. The van der Waals surface area contributed by atoms with Gasteiger partial charge in [0.05, 0.1) is 0 Å². The molecule has 6 heteroatoms. The molecule has 0 rings (SSSR count).